The molecule has 0 saturated carbocycles. The Morgan fingerprint density at radius 3 is 1.04 bits per heavy atom. The van der Waals surface area contributed by atoms with Crippen LogP contribution >= 0.6 is 14.1 Å². The SMILES string of the molecule is Cc1cc(C)c(N=P(C)(C)CCP(C)(C)=Nc2c(C)cc(C)cc2C)c(C)c1. The molecule has 2 aromatic carbocycles. The lowest BCUT2D eigenvalue weighted by molar-refractivity contribution is 1.28. The van der Waals surface area contributed by atoms with Crippen molar-refractivity contribution in [1.29, 1.82) is 0 Å². The first-order valence-electron chi connectivity index (χ1n) is 10.1. The maximum atomic E-state index is 5.28. The quantitative estimate of drug-likeness (QED) is 0.437. The predicted octanol–water partition coefficient (Wildman–Crippen LogP) is 8.42. The summed E-state index contributed by atoms with van der Waals surface area (Å²) in [6, 6.07) is 9.00. The molecule has 0 unspecified atom stereocenters. The van der Waals surface area contributed by atoms with Crippen LogP contribution in [0, 0.1) is 41.5 Å². The number of rotatable bonds is 5. The first-order chi connectivity index (χ1) is 12.8. The zero-order valence-electron chi connectivity index (χ0n) is 19.5. The van der Waals surface area contributed by atoms with Crippen molar-refractivity contribution >= 4 is 25.5 Å². The second-order valence-corrected chi connectivity index (χ2v) is 17.2. The highest BCUT2D eigenvalue weighted by molar-refractivity contribution is 7.69. The van der Waals surface area contributed by atoms with Crippen LogP contribution < -0.4 is 0 Å². The van der Waals surface area contributed by atoms with E-state index in [1.54, 1.807) is 0 Å². The Kier molecular flexibility index (Phi) is 7.22. The predicted molar refractivity (Wildman–Crippen MR) is 133 cm³/mol. The van der Waals surface area contributed by atoms with Crippen LogP contribution in [0.3, 0.4) is 0 Å². The van der Waals surface area contributed by atoms with Gasteiger partial charge < -0.3 is 0 Å². The summed E-state index contributed by atoms with van der Waals surface area (Å²) in [7, 11) is -2.75. The van der Waals surface area contributed by atoms with E-state index in [0.29, 0.717) is 0 Å². The smallest absolute Gasteiger partial charge is 0.0671 e. The second-order valence-electron chi connectivity index (χ2n) is 9.38. The van der Waals surface area contributed by atoms with Gasteiger partial charge in [-0.3, -0.25) is 9.49 Å². The van der Waals surface area contributed by atoms with Crippen molar-refractivity contribution in [3.8, 4) is 0 Å². The summed E-state index contributed by atoms with van der Waals surface area (Å²) in [5.74, 6) is 0. The van der Waals surface area contributed by atoms with Gasteiger partial charge in [-0.25, -0.2) is 0 Å². The van der Waals surface area contributed by atoms with E-state index in [-0.39, 0.29) is 0 Å². The third-order valence-corrected chi connectivity index (χ3v) is 9.68. The third-order valence-electron chi connectivity index (χ3n) is 5.21. The van der Waals surface area contributed by atoms with Gasteiger partial charge in [0.2, 0.25) is 0 Å². The van der Waals surface area contributed by atoms with E-state index in [0.717, 1.165) is 12.3 Å². The van der Waals surface area contributed by atoms with Crippen LogP contribution in [0.15, 0.2) is 33.8 Å². The fraction of sp³-hybridized carbons (Fsp3) is 0.500. The average molecular weight is 417 g/mol. The molecule has 0 saturated heterocycles. The van der Waals surface area contributed by atoms with Crippen molar-refractivity contribution in [3.05, 3.63) is 57.6 Å². The zero-order chi connectivity index (χ0) is 21.3. The monoisotopic (exact) mass is 416 g/mol. The molecule has 0 aromatic heterocycles. The van der Waals surface area contributed by atoms with Crippen LogP contribution in [-0.4, -0.2) is 39.0 Å². The van der Waals surface area contributed by atoms with Gasteiger partial charge in [0, 0.05) is 0 Å². The second kappa shape index (κ2) is 8.73. The lowest BCUT2D eigenvalue weighted by Crippen LogP contribution is -1.96. The standard InChI is InChI=1S/C24H38N2P2/c1-17-13-19(3)23(20(4)14-17)25-27(7,8)11-12-28(9,10)26-24-21(5)15-18(2)16-22(24)6/h13-16H,11-12H2,1-10H3. The van der Waals surface area contributed by atoms with Crippen LogP contribution in [0.25, 0.3) is 0 Å². The van der Waals surface area contributed by atoms with Gasteiger partial charge >= 0.3 is 0 Å². The maximum absolute atomic E-state index is 5.28. The van der Waals surface area contributed by atoms with Gasteiger partial charge in [0.05, 0.1) is 11.4 Å². The van der Waals surface area contributed by atoms with Gasteiger partial charge in [0.1, 0.15) is 0 Å². The van der Waals surface area contributed by atoms with Crippen LogP contribution in [-0.2, 0) is 0 Å². The number of hydrogen-bond acceptors (Lipinski definition) is 2. The minimum Gasteiger partial charge on any atom is -0.267 e. The first kappa shape index (κ1) is 23.2. The van der Waals surface area contributed by atoms with E-state index in [9.17, 15) is 0 Å². The molecule has 2 rings (SSSR count). The van der Waals surface area contributed by atoms with Crippen molar-refractivity contribution < 1.29 is 0 Å². The molecule has 0 fully saturated rings. The average Bonchev–Trinajstić information content (AvgIpc) is 2.53. The van der Waals surface area contributed by atoms with Crippen LogP contribution in [0.2, 0.25) is 0 Å². The summed E-state index contributed by atoms with van der Waals surface area (Å²) in [5.41, 5.74) is 10.3. The van der Waals surface area contributed by atoms with E-state index < -0.39 is 14.1 Å². The Labute approximate surface area is 173 Å². The molecular formula is C24H38N2P2. The molecule has 0 radical (unpaired) electrons. The minimum atomic E-state index is -1.37. The van der Waals surface area contributed by atoms with Crippen molar-refractivity contribution in [2.45, 2.75) is 41.5 Å². The van der Waals surface area contributed by atoms with E-state index in [1.165, 1.54) is 44.8 Å². The molecule has 4 heteroatoms. The Bertz CT molecular complexity index is 860. The van der Waals surface area contributed by atoms with Crippen molar-refractivity contribution in [2.75, 3.05) is 39.0 Å². The van der Waals surface area contributed by atoms with Gasteiger partial charge in [-0.05, 0) is 117 Å². The zero-order valence-corrected chi connectivity index (χ0v) is 21.3. The Balaban J connectivity index is 2.31. The molecule has 0 aliphatic rings. The highest BCUT2D eigenvalue weighted by Gasteiger charge is 2.15. The summed E-state index contributed by atoms with van der Waals surface area (Å²) in [6.45, 7) is 22.6. The van der Waals surface area contributed by atoms with Crippen LogP contribution in [0.5, 0.6) is 0 Å². The largest absolute Gasteiger partial charge is 0.267 e. The lowest BCUT2D eigenvalue weighted by Gasteiger charge is -2.21. The van der Waals surface area contributed by atoms with Crippen LogP contribution in [0.1, 0.15) is 33.4 Å². The third kappa shape index (κ3) is 6.20. The normalized spacial score (nSPS) is 12.2. The van der Waals surface area contributed by atoms with Crippen molar-refractivity contribution in [3.63, 3.8) is 0 Å². The molecule has 0 amide bonds. The topological polar surface area (TPSA) is 24.7 Å². The van der Waals surface area contributed by atoms with Gasteiger partial charge in [-0.15, -0.1) is 0 Å². The van der Waals surface area contributed by atoms with Gasteiger partial charge in [0.15, 0.2) is 0 Å². The molecule has 0 aliphatic heterocycles. The lowest BCUT2D eigenvalue weighted by atomic mass is 10.1. The molecule has 0 N–H and O–H groups in total. The van der Waals surface area contributed by atoms with E-state index in [1.807, 2.05) is 0 Å². The molecule has 2 aromatic rings. The molecule has 28 heavy (non-hydrogen) atoms. The molecule has 0 bridgehead atoms. The molecule has 154 valence electrons. The Hall–Kier alpha value is -1.10. The van der Waals surface area contributed by atoms with E-state index in [4.69, 9.17) is 9.49 Å². The molecule has 0 heterocycles. The number of benzene rings is 2. The molecule has 0 atom stereocenters. The first-order valence-corrected chi connectivity index (χ1v) is 15.7. The number of nitrogens with zero attached hydrogens (tertiary/aromatic N) is 2. The summed E-state index contributed by atoms with van der Waals surface area (Å²) in [4.78, 5) is 0. The van der Waals surface area contributed by atoms with E-state index >= 15 is 0 Å². The molecule has 0 spiro atoms. The molecule has 2 nitrogen and oxygen atoms in total. The van der Waals surface area contributed by atoms with Gasteiger partial charge in [-0.2, -0.15) is 0 Å². The highest BCUT2D eigenvalue weighted by atomic mass is 31.2. The van der Waals surface area contributed by atoms with E-state index in [2.05, 4.69) is 92.5 Å². The Morgan fingerprint density at radius 1 is 0.536 bits per heavy atom. The van der Waals surface area contributed by atoms with Gasteiger partial charge in [-0.1, -0.05) is 35.4 Å². The highest BCUT2D eigenvalue weighted by Crippen LogP contribution is 2.53. The fourth-order valence-electron chi connectivity index (χ4n) is 3.79. The summed E-state index contributed by atoms with van der Waals surface area (Å²) >= 11 is 0. The molecular weight excluding hydrogens is 378 g/mol. The van der Waals surface area contributed by atoms with Crippen molar-refractivity contribution in [1.82, 2.24) is 0 Å². The number of aryl methyl sites for hydroxylation is 6. The maximum Gasteiger partial charge on any atom is 0.0671 e. The molecule has 0 aliphatic carbocycles. The summed E-state index contributed by atoms with van der Waals surface area (Å²) < 4.78 is 10.6. The Morgan fingerprint density at radius 2 is 0.786 bits per heavy atom. The number of hydrogen-bond donors (Lipinski definition) is 0. The minimum absolute atomic E-state index is 1.16. The fourth-order valence-corrected chi connectivity index (χ4v) is 9.62. The van der Waals surface area contributed by atoms with Gasteiger partial charge in [0.25, 0.3) is 0 Å². The van der Waals surface area contributed by atoms with Crippen LogP contribution in [0.4, 0.5) is 11.4 Å². The summed E-state index contributed by atoms with van der Waals surface area (Å²) in [5, 5.41) is 0. The summed E-state index contributed by atoms with van der Waals surface area (Å²) in [6.07, 6.45) is 2.32. The van der Waals surface area contributed by atoms with Crippen molar-refractivity contribution in [2.24, 2.45) is 9.49 Å².